The zero-order chi connectivity index (χ0) is 13.2. The summed E-state index contributed by atoms with van der Waals surface area (Å²) in [4.78, 5) is 11.6. The van der Waals surface area contributed by atoms with Crippen molar-refractivity contribution in [1.82, 2.24) is 0 Å². The molecule has 0 amide bonds. The van der Waals surface area contributed by atoms with Crippen LogP contribution < -0.4 is 5.73 Å². The highest BCUT2D eigenvalue weighted by Crippen LogP contribution is 2.06. The molecular weight excluding hydrogens is 230 g/mol. The molecule has 1 aromatic rings. The number of nitrogens with two attached hydrogens (primary N) is 1. The van der Waals surface area contributed by atoms with Crippen LogP contribution in [0.3, 0.4) is 0 Å². The van der Waals surface area contributed by atoms with E-state index >= 15 is 0 Å². The van der Waals surface area contributed by atoms with Gasteiger partial charge in [0.25, 0.3) is 0 Å². The molecule has 0 heterocycles. The molecule has 0 aliphatic carbocycles. The standard InChI is InChI=1S/C14H21NO3/c15-13(9-5-2-6-10-16)14(17)18-11-12-7-3-1-4-8-12/h1,3-4,7-8,13,16H,2,5-6,9-11,15H2. The van der Waals surface area contributed by atoms with E-state index in [1.54, 1.807) is 0 Å². The lowest BCUT2D eigenvalue weighted by Crippen LogP contribution is -2.32. The number of carbonyl (C=O) groups is 1. The topological polar surface area (TPSA) is 72.5 Å². The maximum Gasteiger partial charge on any atom is 0.323 e. The molecule has 0 bridgehead atoms. The predicted molar refractivity (Wildman–Crippen MR) is 69.8 cm³/mol. The Morgan fingerprint density at radius 1 is 1.22 bits per heavy atom. The fraction of sp³-hybridized carbons (Fsp3) is 0.500. The first-order valence-electron chi connectivity index (χ1n) is 6.31. The summed E-state index contributed by atoms with van der Waals surface area (Å²) in [6.07, 6.45) is 3.08. The average molecular weight is 251 g/mol. The molecule has 3 N–H and O–H groups in total. The van der Waals surface area contributed by atoms with Gasteiger partial charge in [0, 0.05) is 6.61 Å². The number of rotatable bonds is 8. The molecule has 0 aromatic heterocycles. The van der Waals surface area contributed by atoms with Crippen molar-refractivity contribution < 1.29 is 14.6 Å². The lowest BCUT2D eigenvalue weighted by Gasteiger charge is -2.11. The van der Waals surface area contributed by atoms with Gasteiger partial charge in [-0.1, -0.05) is 43.2 Å². The summed E-state index contributed by atoms with van der Waals surface area (Å²) in [5.74, 6) is -0.358. The number of aliphatic hydroxyl groups is 1. The summed E-state index contributed by atoms with van der Waals surface area (Å²) < 4.78 is 5.13. The van der Waals surface area contributed by atoms with Crippen LogP contribution in [0.15, 0.2) is 30.3 Å². The Hall–Kier alpha value is -1.39. The lowest BCUT2D eigenvalue weighted by molar-refractivity contribution is -0.146. The van der Waals surface area contributed by atoms with Crippen molar-refractivity contribution in [3.05, 3.63) is 35.9 Å². The van der Waals surface area contributed by atoms with Crippen molar-refractivity contribution in [2.24, 2.45) is 5.73 Å². The van der Waals surface area contributed by atoms with Crippen LogP contribution in [0, 0.1) is 0 Å². The maximum atomic E-state index is 11.6. The monoisotopic (exact) mass is 251 g/mol. The fourth-order valence-electron chi connectivity index (χ4n) is 1.61. The molecule has 0 fully saturated rings. The highest BCUT2D eigenvalue weighted by atomic mass is 16.5. The van der Waals surface area contributed by atoms with Crippen LogP contribution in [-0.2, 0) is 16.1 Å². The van der Waals surface area contributed by atoms with Gasteiger partial charge < -0.3 is 15.6 Å². The van der Waals surface area contributed by atoms with Crippen molar-refractivity contribution in [3.63, 3.8) is 0 Å². The summed E-state index contributed by atoms with van der Waals surface area (Å²) in [6, 6.07) is 8.96. The van der Waals surface area contributed by atoms with Crippen molar-refractivity contribution in [2.45, 2.75) is 38.3 Å². The molecule has 4 heteroatoms. The quantitative estimate of drug-likeness (QED) is 0.544. The lowest BCUT2D eigenvalue weighted by atomic mass is 10.1. The molecule has 1 atom stereocenters. The third-order valence-corrected chi connectivity index (χ3v) is 2.70. The van der Waals surface area contributed by atoms with E-state index in [0.717, 1.165) is 24.8 Å². The molecular formula is C14H21NO3. The molecule has 0 saturated carbocycles. The number of aliphatic hydroxyl groups excluding tert-OH is 1. The minimum absolute atomic E-state index is 0.188. The zero-order valence-electron chi connectivity index (χ0n) is 10.5. The van der Waals surface area contributed by atoms with Crippen LogP contribution >= 0.6 is 0 Å². The second-order valence-corrected chi connectivity index (χ2v) is 4.27. The van der Waals surface area contributed by atoms with E-state index in [9.17, 15) is 4.79 Å². The average Bonchev–Trinajstić information content (AvgIpc) is 2.42. The van der Waals surface area contributed by atoms with Gasteiger partial charge in [0.15, 0.2) is 0 Å². The Bertz CT molecular complexity index is 340. The van der Waals surface area contributed by atoms with Crippen LogP contribution in [0.5, 0.6) is 0 Å². The Morgan fingerprint density at radius 2 is 1.94 bits per heavy atom. The molecule has 0 saturated heterocycles. The van der Waals surface area contributed by atoms with Gasteiger partial charge in [0.2, 0.25) is 0 Å². The number of carbonyl (C=O) groups excluding carboxylic acids is 1. The van der Waals surface area contributed by atoms with Crippen LogP contribution in [0.25, 0.3) is 0 Å². The smallest absolute Gasteiger partial charge is 0.323 e. The number of unbranched alkanes of at least 4 members (excludes halogenated alkanes) is 2. The molecule has 100 valence electrons. The molecule has 4 nitrogen and oxygen atoms in total. The van der Waals surface area contributed by atoms with Gasteiger partial charge in [-0.2, -0.15) is 0 Å². The first-order valence-corrected chi connectivity index (χ1v) is 6.31. The van der Waals surface area contributed by atoms with Gasteiger partial charge in [-0.25, -0.2) is 0 Å². The van der Waals surface area contributed by atoms with E-state index in [0.29, 0.717) is 6.42 Å². The van der Waals surface area contributed by atoms with Gasteiger partial charge >= 0.3 is 5.97 Å². The van der Waals surface area contributed by atoms with Gasteiger partial charge in [0.05, 0.1) is 0 Å². The third-order valence-electron chi connectivity index (χ3n) is 2.70. The summed E-state index contributed by atoms with van der Waals surface area (Å²) in [5.41, 5.74) is 6.68. The van der Waals surface area contributed by atoms with E-state index in [-0.39, 0.29) is 19.2 Å². The van der Waals surface area contributed by atoms with E-state index in [4.69, 9.17) is 15.6 Å². The van der Waals surface area contributed by atoms with Crippen molar-refractivity contribution in [2.75, 3.05) is 6.61 Å². The third kappa shape index (κ3) is 5.80. The number of ether oxygens (including phenoxy) is 1. The van der Waals surface area contributed by atoms with Crippen LogP contribution in [-0.4, -0.2) is 23.7 Å². The summed E-state index contributed by atoms with van der Waals surface area (Å²) in [6.45, 7) is 0.456. The molecule has 0 spiro atoms. The number of hydrogen-bond acceptors (Lipinski definition) is 4. The van der Waals surface area contributed by atoms with Crippen molar-refractivity contribution in [1.29, 1.82) is 0 Å². The van der Waals surface area contributed by atoms with Gasteiger partial charge in [-0.3, -0.25) is 4.79 Å². The molecule has 0 radical (unpaired) electrons. The fourth-order valence-corrected chi connectivity index (χ4v) is 1.61. The largest absolute Gasteiger partial charge is 0.460 e. The Labute approximate surface area is 108 Å². The number of benzene rings is 1. The van der Waals surface area contributed by atoms with E-state index in [2.05, 4.69) is 0 Å². The molecule has 1 rings (SSSR count). The number of hydrogen-bond donors (Lipinski definition) is 2. The summed E-state index contributed by atoms with van der Waals surface area (Å²) in [5, 5.41) is 8.63. The van der Waals surface area contributed by atoms with Crippen LogP contribution in [0.4, 0.5) is 0 Å². The molecule has 18 heavy (non-hydrogen) atoms. The van der Waals surface area contributed by atoms with E-state index in [1.807, 2.05) is 30.3 Å². The second-order valence-electron chi connectivity index (χ2n) is 4.27. The molecule has 0 aliphatic heterocycles. The Kier molecular flexibility index (Phi) is 7.06. The first kappa shape index (κ1) is 14.7. The van der Waals surface area contributed by atoms with Crippen molar-refractivity contribution in [3.8, 4) is 0 Å². The normalized spacial score (nSPS) is 12.1. The molecule has 1 aromatic carbocycles. The Balaban J connectivity index is 2.19. The van der Waals surface area contributed by atoms with Gasteiger partial charge in [-0.15, -0.1) is 0 Å². The second kappa shape index (κ2) is 8.66. The Morgan fingerprint density at radius 3 is 2.61 bits per heavy atom. The predicted octanol–water partition coefficient (Wildman–Crippen LogP) is 1.61. The highest BCUT2D eigenvalue weighted by Gasteiger charge is 2.14. The van der Waals surface area contributed by atoms with Crippen LogP contribution in [0.2, 0.25) is 0 Å². The molecule has 1 unspecified atom stereocenters. The zero-order valence-corrected chi connectivity index (χ0v) is 10.5. The van der Waals surface area contributed by atoms with E-state index < -0.39 is 6.04 Å². The van der Waals surface area contributed by atoms with Crippen LogP contribution in [0.1, 0.15) is 31.2 Å². The number of esters is 1. The maximum absolute atomic E-state index is 11.6. The van der Waals surface area contributed by atoms with Gasteiger partial charge in [0.1, 0.15) is 12.6 Å². The minimum atomic E-state index is -0.563. The van der Waals surface area contributed by atoms with E-state index in [1.165, 1.54) is 0 Å². The molecule has 0 aliphatic rings. The summed E-state index contributed by atoms with van der Waals surface area (Å²) in [7, 11) is 0. The summed E-state index contributed by atoms with van der Waals surface area (Å²) >= 11 is 0. The SMILES string of the molecule is NC(CCCCCO)C(=O)OCc1ccccc1. The first-order chi connectivity index (χ1) is 8.74. The minimum Gasteiger partial charge on any atom is -0.460 e. The van der Waals surface area contributed by atoms with Gasteiger partial charge in [-0.05, 0) is 18.4 Å². The van der Waals surface area contributed by atoms with Crippen molar-refractivity contribution >= 4 is 5.97 Å². The highest BCUT2D eigenvalue weighted by molar-refractivity contribution is 5.75.